The predicted octanol–water partition coefficient (Wildman–Crippen LogP) is 3.02. The summed E-state index contributed by atoms with van der Waals surface area (Å²) >= 11 is 0. The van der Waals surface area contributed by atoms with Crippen LogP contribution in [0.4, 0.5) is 13.2 Å². The Morgan fingerprint density at radius 3 is 2.52 bits per heavy atom. The number of ether oxygens (including phenoxy) is 1. The van der Waals surface area contributed by atoms with Crippen LogP contribution in [0.15, 0.2) is 30.3 Å². The molecular weight excluding hydrogens is 311 g/mol. The fraction of sp³-hybridized carbons (Fsp3) is 0.438. The number of aliphatic hydroxyl groups excluding tert-OH is 1. The first kappa shape index (κ1) is 17.3. The molecule has 1 aliphatic carbocycles. The maximum Gasteiger partial charge on any atom is 0.573 e. The van der Waals surface area contributed by atoms with Crippen LogP contribution in [-0.2, 0) is 4.79 Å². The minimum absolute atomic E-state index is 0.0165. The standard InChI is InChI=1S/C16H18F3NO3/c17-16(18,19)23-14-4-2-1-3-11(14)5-10-15(22)20-12-6-8-13(21)9-7-12/h1-5,10,12-13,21H,6-9H2,(H,20,22)/b10-5+. The Kier molecular flexibility index (Phi) is 5.65. The van der Waals surface area contributed by atoms with Crippen LogP contribution in [0.3, 0.4) is 0 Å². The molecule has 0 saturated heterocycles. The molecule has 1 fully saturated rings. The maximum atomic E-state index is 12.3. The highest BCUT2D eigenvalue weighted by Crippen LogP contribution is 2.27. The number of carbonyl (C=O) groups excluding carboxylic acids is 1. The zero-order valence-corrected chi connectivity index (χ0v) is 12.3. The highest BCUT2D eigenvalue weighted by atomic mass is 19.4. The number of halogens is 3. The van der Waals surface area contributed by atoms with Crippen LogP contribution in [0, 0.1) is 0 Å². The van der Waals surface area contributed by atoms with E-state index in [4.69, 9.17) is 0 Å². The quantitative estimate of drug-likeness (QED) is 0.835. The van der Waals surface area contributed by atoms with E-state index in [2.05, 4.69) is 10.1 Å². The van der Waals surface area contributed by atoms with Gasteiger partial charge in [-0.1, -0.05) is 18.2 Å². The number of rotatable bonds is 4. The SMILES string of the molecule is O=C(/C=C/c1ccccc1OC(F)(F)F)NC1CCC(O)CC1. The van der Waals surface area contributed by atoms with Crippen LogP contribution in [0.1, 0.15) is 31.2 Å². The first-order valence-corrected chi connectivity index (χ1v) is 7.35. The number of hydrogen-bond acceptors (Lipinski definition) is 3. The first-order valence-electron chi connectivity index (χ1n) is 7.35. The smallest absolute Gasteiger partial charge is 0.405 e. The Morgan fingerprint density at radius 2 is 1.87 bits per heavy atom. The molecule has 23 heavy (non-hydrogen) atoms. The number of carbonyl (C=O) groups is 1. The van der Waals surface area contributed by atoms with Crippen molar-refractivity contribution in [1.29, 1.82) is 0 Å². The van der Waals surface area contributed by atoms with E-state index in [0.717, 1.165) is 0 Å². The lowest BCUT2D eigenvalue weighted by Gasteiger charge is -2.25. The molecule has 1 saturated carbocycles. The third kappa shape index (κ3) is 5.94. The Labute approximate surface area is 132 Å². The number of alkyl halides is 3. The second kappa shape index (κ2) is 7.50. The largest absolute Gasteiger partial charge is 0.573 e. The molecular formula is C16H18F3NO3. The second-order valence-corrected chi connectivity index (χ2v) is 5.43. The Balaban J connectivity index is 1.95. The Morgan fingerprint density at radius 1 is 1.22 bits per heavy atom. The molecule has 0 unspecified atom stereocenters. The first-order chi connectivity index (χ1) is 10.8. The van der Waals surface area contributed by atoms with Gasteiger partial charge in [-0.2, -0.15) is 0 Å². The van der Waals surface area contributed by atoms with E-state index in [0.29, 0.717) is 25.7 Å². The van der Waals surface area contributed by atoms with Gasteiger partial charge in [0.15, 0.2) is 0 Å². The zero-order chi connectivity index (χ0) is 16.9. The van der Waals surface area contributed by atoms with Gasteiger partial charge in [-0.05, 0) is 37.8 Å². The van der Waals surface area contributed by atoms with E-state index >= 15 is 0 Å². The predicted molar refractivity (Wildman–Crippen MR) is 78.6 cm³/mol. The van der Waals surface area contributed by atoms with Gasteiger partial charge in [-0.15, -0.1) is 13.2 Å². The molecule has 0 aromatic heterocycles. The molecule has 4 nitrogen and oxygen atoms in total. The zero-order valence-electron chi connectivity index (χ0n) is 12.3. The van der Waals surface area contributed by atoms with Crippen molar-refractivity contribution in [1.82, 2.24) is 5.32 Å². The van der Waals surface area contributed by atoms with E-state index in [1.54, 1.807) is 6.07 Å². The van der Waals surface area contributed by atoms with Gasteiger partial charge in [-0.3, -0.25) is 4.79 Å². The number of benzene rings is 1. The summed E-state index contributed by atoms with van der Waals surface area (Å²) in [5.74, 6) is -0.738. The van der Waals surface area contributed by atoms with Gasteiger partial charge in [0.25, 0.3) is 0 Å². The molecule has 2 N–H and O–H groups in total. The lowest BCUT2D eigenvalue weighted by molar-refractivity contribution is -0.274. The van der Waals surface area contributed by atoms with Crippen molar-refractivity contribution in [2.24, 2.45) is 0 Å². The lowest BCUT2D eigenvalue weighted by Crippen LogP contribution is -2.37. The molecule has 2 rings (SSSR count). The molecule has 0 radical (unpaired) electrons. The van der Waals surface area contributed by atoms with Gasteiger partial charge in [-0.25, -0.2) is 0 Å². The Hall–Kier alpha value is -2.02. The summed E-state index contributed by atoms with van der Waals surface area (Å²) in [5, 5.41) is 12.2. The molecule has 0 atom stereocenters. The highest BCUT2D eigenvalue weighted by Gasteiger charge is 2.31. The normalized spacial score (nSPS) is 22.1. The monoisotopic (exact) mass is 329 g/mol. The van der Waals surface area contributed by atoms with Gasteiger partial charge >= 0.3 is 6.36 Å². The molecule has 7 heteroatoms. The van der Waals surface area contributed by atoms with Crippen LogP contribution in [0.5, 0.6) is 5.75 Å². The van der Waals surface area contributed by atoms with Crippen molar-refractivity contribution in [2.75, 3.05) is 0 Å². The average Bonchev–Trinajstić information content (AvgIpc) is 2.47. The fourth-order valence-corrected chi connectivity index (χ4v) is 2.47. The number of amides is 1. The molecule has 1 aliphatic rings. The molecule has 1 aromatic rings. The van der Waals surface area contributed by atoms with Gasteiger partial charge in [0.2, 0.25) is 5.91 Å². The van der Waals surface area contributed by atoms with E-state index in [1.807, 2.05) is 0 Å². The van der Waals surface area contributed by atoms with E-state index in [9.17, 15) is 23.1 Å². The van der Waals surface area contributed by atoms with Crippen LogP contribution < -0.4 is 10.1 Å². The van der Waals surface area contributed by atoms with Crippen LogP contribution >= 0.6 is 0 Å². The van der Waals surface area contributed by atoms with Crippen LogP contribution in [0.25, 0.3) is 6.08 Å². The van der Waals surface area contributed by atoms with E-state index in [-0.39, 0.29) is 29.4 Å². The summed E-state index contributed by atoms with van der Waals surface area (Å²) in [7, 11) is 0. The number of hydrogen-bond donors (Lipinski definition) is 2. The molecule has 1 aromatic carbocycles. The molecule has 126 valence electrons. The number of para-hydroxylation sites is 1. The van der Waals surface area contributed by atoms with Crippen molar-refractivity contribution < 1.29 is 27.8 Å². The molecule has 0 spiro atoms. The summed E-state index contributed by atoms with van der Waals surface area (Å²) in [5.41, 5.74) is 0.166. The van der Waals surface area contributed by atoms with Gasteiger partial charge in [0.05, 0.1) is 6.10 Å². The molecule has 0 bridgehead atoms. The summed E-state index contributed by atoms with van der Waals surface area (Å²) in [6, 6.07) is 5.59. The lowest BCUT2D eigenvalue weighted by atomic mass is 9.93. The minimum Gasteiger partial charge on any atom is -0.405 e. The highest BCUT2D eigenvalue weighted by molar-refractivity contribution is 5.92. The van der Waals surface area contributed by atoms with Crippen molar-refractivity contribution in [2.45, 2.75) is 44.2 Å². The Bertz CT molecular complexity index is 564. The average molecular weight is 329 g/mol. The van der Waals surface area contributed by atoms with E-state index < -0.39 is 6.36 Å². The van der Waals surface area contributed by atoms with Crippen molar-refractivity contribution in [3.05, 3.63) is 35.9 Å². The molecule has 1 amide bonds. The third-order valence-corrected chi connectivity index (χ3v) is 3.60. The van der Waals surface area contributed by atoms with Crippen molar-refractivity contribution in [3.8, 4) is 5.75 Å². The minimum atomic E-state index is -4.78. The summed E-state index contributed by atoms with van der Waals surface area (Å²) in [4.78, 5) is 11.8. The van der Waals surface area contributed by atoms with Crippen molar-refractivity contribution >= 4 is 12.0 Å². The number of aliphatic hydroxyl groups is 1. The summed E-state index contributed by atoms with van der Waals surface area (Å²) in [6.45, 7) is 0. The van der Waals surface area contributed by atoms with Gasteiger partial charge in [0, 0.05) is 17.7 Å². The second-order valence-electron chi connectivity index (χ2n) is 5.43. The van der Waals surface area contributed by atoms with Gasteiger partial charge in [0.1, 0.15) is 5.75 Å². The van der Waals surface area contributed by atoms with Crippen LogP contribution in [0.2, 0.25) is 0 Å². The number of nitrogens with one attached hydrogen (secondary N) is 1. The topological polar surface area (TPSA) is 58.6 Å². The fourth-order valence-electron chi connectivity index (χ4n) is 2.47. The summed E-state index contributed by atoms with van der Waals surface area (Å²) in [6.07, 6.45) is 0.0223. The van der Waals surface area contributed by atoms with Crippen LogP contribution in [-0.4, -0.2) is 29.5 Å². The van der Waals surface area contributed by atoms with Crippen molar-refractivity contribution in [3.63, 3.8) is 0 Å². The molecule has 0 heterocycles. The maximum absolute atomic E-state index is 12.3. The summed E-state index contributed by atoms with van der Waals surface area (Å²) < 4.78 is 40.9. The van der Waals surface area contributed by atoms with E-state index in [1.165, 1.54) is 30.4 Å². The third-order valence-electron chi connectivity index (χ3n) is 3.60. The molecule has 0 aliphatic heterocycles. The van der Waals surface area contributed by atoms with Gasteiger partial charge < -0.3 is 15.2 Å².